The van der Waals surface area contributed by atoms with Gasteiger partial charge in [-0.1, -0.05) is 33.8 Å². The number of hydrogen-bond donors (Lipinski definition) is 2. The van der Waals surface area contributed by atoms with Crippen molar-refractivity contribution < 1.29 is 9.84 Å². The molecule has 0 aromatic heterocycles. The van der Waals surface area contributed by atoms with Crippen LogP contribution in [-0.2, 0) is 6.54 Å². The molecule has 1 aromatic carbocycles. The van der Waals surface area contributed by atoms with Crippen LogP contribution in [0.4, 0.5) is 0 Å². The molecule has 0 bridgehead atoms. The van der Waals surface area contributed by atoms with Crippen LogP contribution in [0.2, 0.25) is 0 Å². The van der Waals surface area contributed by atoms with E-state index in [0.717, 1.165) is 18.7 Å². The zero-order valence-corrected chi connectivity index (χ0v) is 12.1. The van der Waals surface area contributed by atoms with E-state index in [2.05, 4.69) is 33.0 Å². The van der Waals surface area contributed by atoms with Crippen LogP contribution in [0.3, 0.4) is 0 Å². The Morgan fingerprint density at radius 1 is 1.33 bits per heavy atom. The molecule has 0 amide bonds. The van der Waals surface area contributed by atoms with Crippen molar-refractivity contribution in [3.63, 3.8) is 0 Å². The standard InChI is InChI=1S/C15H25NO2/c1-11(2)15(3,4)10-16-9-12-6-7-14(18-5)13(17)8-12/h6-8,11,16-17H,9-10H2,1-5H3. The fourth-order valence-corrected chi connectivity index (χ4v) is 1.58. The molecule has 0 aliphatic carbocycles. The van der Waals surface area contributed by atoms with Gasteiger partial charge in [0.15, 0.2) is 11.5 Å². The molecular formula is C15H25NO2. The second kappa shape index (κ2) is 6.10. The first-order chi connectivity index (χ1) is 8.36. The van der Waals surface area contributed by atoms with Crippen molar-refractivity contribution in [3.8, 4) is 11.5 Å². The van der Waals surface area contributed by atoms with E-state index in [1.807, 2.05) is 6.07 Å². The van der Waals surface area contributed by atoms with Gasteiger partial charge in [0.1, 0.15) is 0 Å². The molecule has 0 aliphatic rings. The predicted octanol–water partition coefficient (Wildman–Crippen LogP) is 3.17. The van der Waals surface area contributed by atoms with E-state index in [4.69, 9.17) is 4.74 Å². The number of benzene rings is 1. The lowest BCUT2D eigenvalue weighted by Crippen LogP contribution is -2.33. The van der Waals surface area contributed by atoms with Gasteiger partial charge in [-0.3, -0.25) is 0 Å². The number of rotatable bonds is 6. The van der Waals surface area contributed by atoms with Crippen LogP contribution in [0.5, 0.6) is 11.5 Å². The van der Waals surface area contributed by atoms with Gasteiger partial charge < -0.3 is 15.2 Å². The van der Waals surface area contributed by atoms with Gasteiger partial charge in [0.2, 0.25) is 0 Å². The van der Waals surface area contributed by atoms with Crippen LogP contribution in [0, 0.1) is 11.3 Å². The van der Waals surface area contributed by atoms with Crippen molar-refractivity contribution >= 4 is 0 Å². The van der Waals surface area contributed by atoms with Crippen LogP contribution < -0.4 is 10.1 Å². The Bertz CT molecular complexity index is 386. The summed E-state index contributed by atoms with van der Waals surface area (Å²) in [6, 6.07) is 5.50. The maximum atomic E-state index is 9.69. The van der Waals surface area contributed by atoms with E-state index in [0.29, 0.717) is 11.7 Å². The summed E-state index contributed by atoms with van der Waals surface area (Å²) in [4.78, 5) is 0. The summed E-state index contributed by atoms with van der Waals surface area (Å²) >= 11 is 0. The molecule has 0 radical (unpaired) electrons. The fourth-order valence-electron chi connectivity index (χ4n) is 1.58. The monoisotopic (exact) mass is 251 g/mol. The van der Waals surface area contributed by atoms with Crippen molar-refractivity contribution in [3.05, 3.63) is 23.8 Å². The Labute approximate surface area is 110 Å². The number of nitrogens with one attached hydrogen (secondary N) is 1. The first-order valence-corrected chi connectivity index (χ1v) is 6.43. The zero-order chi connectivity index (χ0) is 13.8. The number of methoxy groups -OCH3 is 1. The Kier molecular flexibility index (Phi) is 5.03. The Morgan fingerprint density at radius 3 is 2.50 bits per heavy atom. The normalized spacial score (nSPS) is 11.9. The predicted molar refractivity (Wildman–Crippen MR) is 75.0 cm³/mol. The third-order valence-electron chi connectivity index (χ3n) is 3.72. The summed E-state index contributed by atoms with van der Waals surface area (Å²) in [7, 11) is 1.55. The number of hydrogen-bond acceptors (Lipinski definition) is 3. The van der Waals surface area contributed by atoms with Gasteiger partial charge in [-0.15, -0.1) is 0 Å². The van der Waals surface area contributed by atoms with Crippen molar-refractivity contribution in [1.82, 2.24) is 5.32 Å². The van der Waals surface area contributed by atoms with Crippen LogP contribution in [0.25, 0.3) is 0 Å². The van der Waals surface area contributed by atoms with Crippen molar-refractivity contribution in [2.75, 3.05) is 13.7 Å². The average Bonchev–Trinajstić information content (AvgIpc) is 2.29. The van der Waals surface area contributed by atoms with Gasteiger partial charge in [0.05, 0.1) is 7.11 Å². The lowest BCUT2D eigenvalue weighted by molar-refractivity contribution is 0.238. The molecule has 1 rings (SSSR count). The van der Waals surface area contributed by atoms with E-state index in [1.54, 1.807) is 19.2 Å². The Morgan fingerprint density at radius 2 is 2.00 bits per heavy atom. The second-order valence-corrected chi connectivity index (χ2v) is 5.75. The highest BCUT2D eigenvalue weighted by atomic mass is 16.5. The molecule has 0 saturated heterocycles. The average molecular weight is 251 g/mol. The Balaban J connectivity index is 2.52. The molecule has 0 aliphatic heterocycles. The largest absolute Gasteiger partial charge is 0.504 e. The first-order valence-electron chi connectivity index (χ1n) is 6.43. The van der Waals surface area contributed by atoms with E-state index >= 15 is 0 Å². The molecule has 0 spiro atoms. The lowest BCUT2D eigenvalue weighted by atomic mass is 9.81. The number of phenolic OH excluding ortho intramolecular Hbond substituents is 1. The van der Waals surface area contributed by atoms with Gasteiger partial charge in [-0.2, -0.15) is 0 Å². The molecule has 0 unspecified atom stereocenters. The molecule has 3 heteroatoms. The zero-order valence-electron chi connectivity index (χ0n) is 12.1. The third kappa shape index (κ3) is 3.91. The number of aromatic hydroxyl groups is 1. The summed E-state index contributed by atoms with van der Waals surface area (Å²) < 4.78 is 5.02. The van der Waals surface area contributed by atoms with E-state index in [-0.39, 0.29) is 11.2 Å². The smallest absolute Gasteiger partial charge is 0.160 e. The highest BCUT2D eigenvalue weighted by Gasteiger charge is 2.21. The Hall–Kier alpha value is -1.22. The highest BCUT2D eigenvalue weighted by molar-refractivity contribution is 5.41. The molecule has 2 N–H and O–H groups in total. The molecule has 3 nitrogen and oxygen atoms in total. The molecule has 102 valence electrons. The van der Waals surface area contributed by atoms with Gasteiger partial charge in [0.25, 0.3) is 0 Å². The van der Waals surface area contributed by atoms with Gasteiger partial charge in [-0.05, 0) is 29.0 Å². The molecule has 0 saturated carbocycles. The van der Waals surface area contributed by atoms with Crippen LogP contribution in [0.15, 0.2) is 18.2 Å². The minimum absolute atomic E-state index is 0.194. The van der Waals surface area contributed by atoms with Gasteiger partial charge in [-0.25, -0.2) is 0 Å². The summed E-state index contributed by atoms with van der Waals surface area (Å²) in [5.74, 6) is 1.34. The third-order valence-corrected chi connectivity index (χ3v) is 3.72. The summed E-state index contributed by atoms with van der Waals surface area (Å²) in [5.41, 5.74) is 1.34. The summed E-state index contributed by atoms with van der Waals surface area (Å²) in [6.07, 6.45) is 0. The molecule has 0 atom stereocenters. The quantitative estimate of drug-likeness (QED) is 0.816. The molecule has 18 heavy (non-hydrogen) atoms. The molecule has 1 aromatic rings. The molecule has 0 fully saturated rings. The maximum Gasteiger partial charge on any atom is 0.160 e. The van der Waals surface area contributed by atoms with E-state index in [1.165, 1.54) is 0 Å². The lowest BCUT2D eigenvalue weighted by Gasteiger charge is -2.29. The van der Waals surface area contributed by atoms with Crippen LogP contribution >= 0.6 is 0 Å². The molecular weight excluding hydrogens is 226 g/mol. The highest BCUT2D eigenvalue weighted by Crippen LogP contribution is 2.27. The second-order valence-electron chi connectivity index (χ2n) is 5.75. The van der Waals surface area contributed by atoms with Crippen LogP contribution in [0.1, 0.15) is 33.3 Å². The minimum Gasteiger partial charge on any atom is -0.504 e. The van der Waals surface area contributed by atoms with E-state index in [9.17, 15) is 5.11 Å². The topological polar surface area (TPSA) is 41.5 Å². The SMILES string of the molecule is COc1ccc(CNCC(C)(C)C(C)C)cc1O. The minimum atomic E-state index is 0.194. The van der Waals surface area contributed by atoms with Crippen molar-refractivity contribution in [2.45, 2.75) is 34.2 Å². The maximum absolute atomic E-state index is 9.69. The van der Waals surface area contributed by atoms with Gasteiger partial charge >= 0.3 is 0 Å². The van der Waals surface area contributed by atoms with Crippen LogP contribution in [-0.4, -0.2) is 18.8 Å². The van der Waals surface area contributed by atoms with Crippen molar-refractivity contribution in [1.29, 1.82) is 0 Å². The molecule has 0 heterocycles. The van der Waals surface area contributed by atoms with Crippen molar-refractivity contribution in [2.24, 2.45) is 11.3 Å². The fraction of sp³-hybridized carbons (Fsp3) is 0.600. The number of phenols is 1. The summed E-state index contributed by atoms with van der Waals surface area (Å²) in [5, 5.41) is 13.1. The van der Waals surface area contributed by atoms with Gasteiger partial charge in [0, 0.05) is 13.1 Å². The summed E-state index contributed by atoms with van der Waals surface area (Å²) in [6.45, 7) is 10.7. The number of ether oxygens (including phenoxy) is 1. The first kappa shape index (κ1) is 14.8. The van der Waals surface area contributed by atoms with E-state index < -0.39 is 0 Å².